The van der Waals surface area contributed by atoms with Crippen molar-refractivity contribution in [3.8, 4) is 0 Å². The minimum atomic E-state index is -0.893. The number of hydrogen-bond acceptors (Lipinski definition) is 3. The Balaban J connectivity index is 2.05. The van der Waals surface area contributed by atoms with Crippen molar-refractivity contribution in [2.45, 2.75) is 38.6 Å². The first-order valence-electron chi connectivity index (χ1n) is 8.21. The maximum Gasteiger partial charge on any atom is 0.303 e. The number of nitrogens with zero attached hydrogens (tertiary/aromatic N) is 1. The highest BCUT2D eigenvalue weighted by Crippen LogP contribution is 2.30. The fraction of sp³-hybridized carbons (Fsp3) is 0.500. The second-order valence-corrected chi connectivity index (χ2v) is 6.61. The summed E-state index contributed by atoms with van der Waals surface area (Å²) in [6.45, 7) is 4.38. The van der Waals surface area contributed by atoms with E-state index in [1.807, 2.05) is 6.07 Å². The SMILES string of the molecule is C[C@H](CNC(=O)[C@]1(C)CCCN1C(=O)c1ccccc1)CC(=O)O. The van der Waals surface area contributed by atoms with Crippen molar-refractivity contribution in [2.75, 3.05) is 13.1 Å². The van der Waals surface area contributed by atoms with Gasteiger partial charge in [-0.15, -0.1) is 0 Å². The van der Waals surface area contributed by atoms with Crippen molar-refractivity contribution in [1.29, 1.82) is 0 Å². The van der Waals surface area contributed by atoms with Crippen LogP contribution in [-0.4, -0.2) is 46.4 Å². The molecular weight excluding hydrogens is 308 g/mol. The summed E-state index contributed by atoms with van der Waals surface area (Å²) in [6.07, 6.45) is 1.38. The maximum atomic E-state index is 12.7. The van der Waals surface area contributed by atoms with Gasteiger partial charge < -0.3 is 15.3 Å². The van der Waals surface area contributed by atoms with Gasteiger partial charge >= 0.3 is 5.97 Å². The molecule has 2 amide bonds. The molecule has 2 rings (SSSR count). The van der Waals surface area contributed by atoms with Gasteiger partial charge in [0, 0.05) is 25.1 Å². The van der Waals surface area contributed by atoms with Crippen LogP contribution < -0.4 is 5.32 Å². The van der Waals surface area contributed by atoms with Crippen LogP contribution in [0.2, 0.25) is 0 Å². The normalized spacial score (nSPS) is 21.3. The Morgan fingerprint density at radius 1 is 1.29 bits per heavy atom. The lowest BCUT2D eigenvalue weighted by Crippen LogP contribution is -2.56. The largest absolute Gasteiger partial charge is 0.481 e. The highest BCUT2D eigenvalue weighted by Gasteiger charge is 2.45. The molecule has 0 spiro atoms. The van der Waals surface area contributed by atoms with E-state index in [2.05, 4.69) is 5.32 Å². The quantitative estimate of drug-likeness (QED) is 0.833. The fourth-order valence-electron chi connectivity index (χ4n) is 3.09. The summed E-state index contributed by atoms with van der Waals surface area (Å²) >= 11 is 0. The van der Waals surface area contributed by atoms with Crippen molar-refractivity contribution in [2.24, 2.45) is 5.92 Å². The molecule has 0 radical (unpaired) electrons. The zero-order valence-corrected chi connectivity index (χ0v) is 14.1. The smallest absolute Gasteiger partial charge is 0.303 e. The molecule has 0 saturated carbocycles. The fourth-order valence-corrected chi connectivity index (χ4v) is 3.09. The predicted molar refractivity (Wildman–Crippen MR) is 89.5 cm³/mol. The Hall–Kier alpha value is -2.37. The highest BCUT2D eigenvalue weighted by atomic mass is 16.4. The molecule has 6 heteroatoms. The Morgan fingerprint density at radius 2 is 1.96 bits per heavy atom. The van der Waals surface area contributed by atoms with Crippen molar-refractivity contribution >= 4 is 17.8 Å². The van der Waals surface area contributed by atoms with Crippen LogP contribution in [0.4, 0.5) is 0 Å². The number of carbonyl (C=O) groups excluding carboxylic acids is 2. The van der Waals surface area contributed by atoms with E-state index in [1.165, 1.54) is 0 Å². The third-order valence-electron chi connectivity index (χ3n) is 4.53. The molecule has 1 aliphatic heterocycles. The maximum absolute atomic E-state index is 12.7. The Bertz CT molecular complexity index is 617. The molecule has 1 saturated heterocycles. The van der Waals surface area contributed by atoms with Crippen LogP contribution in [-0.2, 0) is 9.59 Å². The van der Waals surface area contributed by atoms with Gasteiger partial charge in [0.15, 0.2) is 0 Å². The molecule has 0 unspecified atom stereocenters. The first-order valence-corrected chi connectivity index (χ1v) is 8.21. The lowest BCUT2D eigenvalue weighted by atomic mass is 9.96. The summed E-state index contributed by atoms with van der Waals surface area (Å²) in [5.41, 5.74) is -0.326. The molecule has 2 N–H and O–H groups in total. The first kappa shape index (κ1) is 18.0. The lowest BCUT2D eigenvalue weighted by Gasteiger charge is -2.34. The van der Waals surface area contributed by atoms with E-state index in [9.17, 15) is 14.4 Å². The van der Waals surface area contributed by atoms with E-state index in [4.69, 9.17) is 5.11 Å². The molecule has 0 bridgehead atoms. The molecule has 6 nitrogen and oxygen atoms in total. The topological polar surface area (TPSA) is 86.7 Å². The van der Waals surface area contributed by atoms with Gasteiger partial charge in [0.25, 0.3) is 5.91 Å². The predicted octanol–water partition coefficient (Wildman–Crippen LogP) is 1.91. The van der Waals surface area contributed by atoms with Crippen LogP contribution >= 0.6 is 0 Å². The van der Waals surface area contributed by atoms with Gasteiger partial charge in [-0.1, -0.05) is 25.1 Å². The molecule has 1 aromatic carbocycles. The molecule has 0 aromatic heterocycles. The number of likely N-dealkylation sites (tertiary alicyclic amines) is 1. The summed E-state index contributed by atoms with van der Waals surface area (Å²) in [5, 5.41) is 11.6. The van der Waals surface area contributed by atoms with Crippen molar-refractivity contribution in [3.05, 3.63) is 35.9 Å². The minimum Gasteiger partial charge on any atom is -0.481 e. The zero-order chi connectivity index (χ0) is 17.7. The van der Waals surface area contributed by atoms with Crippen LogP contribution in [0.5, 0.6) is 0 Å². The van der Waals surface area contributed by atoms with Crippen LogP contribution in [0.25, 0.3) is 0 Å². The van der Waals surface area contributed by atoms with Crippen molar-refractivity contribution < 1.29 is 19.5 Å². The minimum absolute atomic E-state index is 0.00363. The standard InChI is InChI=1S/C18H24N2O4/c1-13(11-15(21)22)12-19-17(24)18(2)9-6-10-20(18)16(23)14-7-4-3-5-8-14/h3-5,7-8,13H,6,9-12H2,1-2H3,(H,19,24)(H,21,22)/t13-,18-/m0/s1. The molecule has 1 aromatic rings. The average Bonchev–Trinajstić information content (AvgIpc) is 2.95. The van der Waals surface area contributed by atoms with Crippen molar-refractivity contribution in [3.63, 3.8) is 0 Å². The van der Waals surface area contributed by atoms with Gasteiger partial charge in [-0.05, 0) is 37.8 Å². The van der Waals surface area contributed by atoms with Crippen LogP contribution in [0.1, 0.15) is 43.5 Å². The van der Waals surface area contributed by atoms with Gasteiger partial charge in [-0.25, -0.2) is 0 Å². The van der Waals surface area contributed by atoms with Crippen molar-refractivity contribution in [1.82, 2.24) is 10.2 Å². The van der Waals surface area contributed by atoms with Gasteiger partial charge in [0.05, 0.1) is 0 Å². The van der Waals surface area contributed by atoms with Crippen LogP contribution in [0, 0.1) is 5.92 Å². The summed E-state index contributed by atoms with van der Waals surface area (Å²) < 4.78 is 0. The van der Waals surface area contributed by atoms with Gasteiger partial charge in [-0.2, -0.15) is 0 Å². The number of amides is 2. The zero-order valence-electron chi connectivity index (χ0n) is 14.1. The number of nitrogens with one attached hydrogen (secondary N) is 1. The van der Waals surface area contributed by atoms with E-state index in [-0.39, 0.29) is 30.7 Å². The molecule has 1 fully saturated rings. The number of rotatable bonds is 6. The highest BCUT2D eigenvalue weighted by molar-refractivity contribution is 5.99. The number of carboxylic acids is 1. The van der Waals surface area contributed by atoms with Gasteiger partial charge in [0.1, 0.15) is 5.54 Å². The number of carbonyl (C=O) groups is 3. The second-order valence-electron chi connectivity index (χ2n) is 6.61. The van der Waals surface area contributed by atoms with Gasteiger partial charge in [-0.3, -0.25) is 14.4 Å². The molecule has 1 heterocycles. The van der Waals surface area contributed by atoms with E-state index in [1.54, 1.807) is 43.0 Å². The third kappa shape index (κ3) is 3.93. The van der Waals surface area contributed by atoms with E-state index in [0.29, 0.717) is 18.5 Å². The first-order chi connectivity index (χ1) is 11.3. The molecule has 130 valence electrons. The molecular formula is C18H24N2O4. The molecule has 1 aliphatic rings. The Labute approximate surface area is 141 Å². The number of carboxylic acid groups (broad SMARTS) is 1. The summed E-state index contributed by atoms with van der Waals surface area (Å²) in [5.74, 6) is -1.41. The summed E-state index contributed by atoms with van der Waals surface area (Å²) in [7, 11) is 0. The van der Waals surface area contributed by atoms with Crippen LogP contribution in [0.15, 0.2) is 30.3 Å². The molecule has 2 atom stereocenters. The number of benzene rings is 1. The average molecular weight is 332 g/mol. The van der Waals surface area contributed by atoms with Crippen LogP contribution in [0.3, 0.4) is 0 Å². The number of aliphatic carboxylic acids is 1. The van der Waals surface area contributed by atoms with E-state index in [0.717, 1.165) is 6.42 Å². The van der Waals surface area contributed by atoms with E-state index < -0.39 is 11.5 Å². The summed E-state index contributed by atoms with van der Waals surface area (Å²) in [6, 6.07) is 8.93. The second kappa shape index (κ2) is 7.47. The molecule has 0 aliphatic carbocycles. The Kier molecular flexibility index (Phi) is 5.59. The lowest BCUT2D eigenvalue weighted by molar-refractivity contribution is -0.138. The number of hydrogen-bond donors (Lipinski definition) is 2. The van der Waals surface area contributed by atoms with E-state index >= 15 is 0 Å². The molecule has 24 heavy (non-hydrogen) atoms. The van der Waals surface area contributed by atoms with Gasteiger partial charge in [0.2, 0.25) is 5.91 Å². The Morgan fingerprint density at radius 3 is 2.58 bits per heavy atom. The summed E-state index contributed by atoms with van der Waals surface area (Å²) in [4.78, 5) is 37.7. The monoisotopic (exact) mass is 332 g/mol. The third-order valence-corrected chi connectivity index (χ3v) is 4.53.